The van der Waals surface area contributed by atoms with Crippen LogP contribution in [-0.2, 0) is 10.3 Å². The van der Waals surface area contributed by atoms with Gasteiger partial charge in [-0.05, 0) is 55.4 Å². The van der Waals surface area contributed by atoms with E-state index in [0.717, 1.165) is 41.4 Å². The molecule has 0 saturated heterocycles. The number of nitrogens with one attached hydrogen (secondary N) is 2. The van der Waals surface area contributed by atoms with Crippen LogP contribution in [0.15, 0.2) is 115 Å². The van der Waals surface area contributed by atoms with Crippen molar-refractivity contribution >= 4 is 34.1 Å². The number of rotatable bonds is 12. The van der Waals surface area contributed by atoms with E-state index in [4.69, 9.17) is 9.84 Å². The van der Waals surface area contributed by atoms with Crippen LogP contribution in [0.5, 0.6) is 6.01 Å². The van der Waals surface area contributed by atoms with E-state index < -0.39 is 11.4 Å². The molecule has 1 amide bonds. The van der Waals surface area contributed by atoms with E-state index in [0.29, 0.717) is 23.5 Å². The summed E-state index contributed by atoms with van der Waals surface area (Å²) in [7, 11) is 3.97. The predicted molar refractivity (Wildman–Crippen MR) is 183 cm³/mol. The first-order valence-corrected chi connectivity index (χ1v) is 15.4. The van der Waals surface area contributed by atoms with Crippen LogP contribution < -0.4 is 15.4 Å². The monoisotopic (exact) mass is 629 g/mol. The molecule has 2 aromatic heterocycles. The quantitative estimate of drug-likeness (QED) is 0.113. The van der Waals surface area contributed by atoms with Crippen molar-refractivity contribution < 1.29 is 13.9 Å². The minimum Gasteiger partial charge on any atom is -0.463 e. The molecule has 0 aliphatic carbocycles. The zero-order chi connectivity index (χ0) is 32.8. The van der Waals surface area contributed by atoms with Gasteiger partial charge in [0.1, 0.15) is 5.54 Å². The Balaban J connectivity index is 1.49. The molecule has 0 saturated carbocycles. The normalized spacial score (nSPS) is 11.5. The van der Waals surface area contributed by atoms with Gasteiger partial charge in [-0.15, -0.1) is 0 Å². The summed E-state index contributed by atoms with van der Waals surface area (Å²) in [6.45, 7) is 2.69. The van der Waals surface area contributed by atoms with Gasteiger partial charge in [-0.3, -0.25) is 4.79 Å². The highest BCUT2D eigenvalue weighted by atomic mass is 19.1. The van der Waals surface area contributed by atoms with Crippen LogP contribution >= 0.6 is 0 Å². The Morgan fingerprint density at radius 1 is 0.872 bits per heavy atom. The number of amides is 1. The summed E-state index contributed by atoms with van der Waals surface area (Å²) in [6.07, 6.45) is 1.86. The summed E-state index contributed by atoms with van der Waals surface area (Å²) in [5.74, 6) is -0.545. The lowest BCUT2D eigenvalue weighted by Gasteiger charge is -2.37. The average Bonchev–Trinajstić information content (AvgIpc) is 3.43. The van der Waals surface area contributed by atoms with Crippen LogP contribution in [0.4, 0.5) is 21.7 Å². The first kappa shape index (κ1) is 31.4. The van der Waals surface area contributed by atoms with E-state index in [-0.39, 0.29) is 17.7 Å². The van der Waals surface area contributed by atoms with Gasteiger partial charge in [0.25, 0.3) is 0 Å². The number of aromatic nitrogens is 4. The van der Waals surface area contributed by atoms with E-state index in [1.165, 1.54) is 6.92 Å². The Bertz CT molecular complexity index is 1870. The van der Waals surface area contributed by atoms with E-state index in [1.54, 1.807) is 0 Å². The van der Waals surface area contributed by atoms with Gasteiger partial charge < -0.3 is 20.3 Å². The van der Waals surface area contributed by atoms with Crippen LogP contribution in [0.2, 0.25) is 0 Å². The van der Waals surface area contributed by atoms with Crippen LogP contribution in [-0.4, -0.2) is 57.8 Å². The van der Waals surface area contributed by atoms with Gasteiger partial charge in [0, 0.05) is 24.5 Å². The first-order valence-electron chi connectivity index (χ1n) is 15.4. The van der Waals surface area contributed by atoms with Gasteiger partial charge in [-0.2, -0.15) is 10.1 Å². The summed E-state index contributed by atoms with van der Waals surface area (Å²) in [4.78, 5) is 22.8. The second-order valence-electron chi connectivity index (χ2n) is 11.5. The van der Waals surface area contributed by atoms with E-state index in [2.05, 4.69) is 61.9 Å². The molecule has 9 nitrogen and oxygen atoms in total. The molecular weight excluding hydrogens is 593 g/mol. The number of nitrogens with zero attached hydrogens (tertiary/aromatic N) is 5. The Kier molecular flexibility index (Phi) is 9.21. The van der Waals surface area contributed by atoms with Crippen molar-refractivity contribution in [3.63, 3.8) is 0 Å². The molecular formula is C37H36FN7O2. The van der Waals surface area contributed by atoms with Crippen molar-refractivity contribution in [2.75, 3.05) is 37.9 Å². The summed E-state index contributed by atoms with van der Waals surface area (Å²) in [5, 5.41) is 11.8. The Morgan fingerprint density at radius 2 is 1.47 bits per heavy atom. The van der Waals surface area contributed by atoms with E-state index in [1.807, 2.05) is 91.6 Å². The molecule has 0 aliphatic rings. The standard InChI is InChI=1S/C37H36FN7O2/c1-26(46)40-34-31-24-30(41-35-32(38)25-39-36(42-35)47-23-13-22-44(2)3)20-21-33(31)45(43-34)37(27-14-7-4-8-15-27,28-16-9-5-10-17-28)29-18-11-6-12-19-29/h4-12,14-21,24-25H,13,22-23H2,1-3H3,(H,39,41,42)(H,40,43,46). The number of carbonyl (C=O) groups is 1. The topological polar surface area (TPSA) is 97.2 Å². The minimum absolute atomic E-state index is 0.0253. The Labute approximate surface area is 273 Å². The zero-order valence-corrected chi connectivity index (χ0v) is 26.5. The van der Waals surface area contributed by atoms with Crippen LogP contribution in [0.25, 0.3) is 10.9 Å². The number of ether oxygens (including phenoxy) is 1. The lowest BCUT2D eigenvalue weighted by Crippen LogP contribution is -2.38. The molecule has 6 rings (SSSR count). The summed E-state index contributed by atoms with van der Waals surface area (Å²) >= 11 is 0. The van der Waals surface area contributed by atoms with Gasteiger partial charge >= 0.3 is 6.01 Å². The second kappa shape index (κ2) is 13.8. The lowest BCUT2D eigenvalue weighted by molar-refractivity contribution is -0.114. The molecule has 0 aliphatic heterocycles. The fourth-order valence-corrected chi connectivity index (χ4v) is 5.80. The van der Waals surface area contributed by atoms with Crippen molar-refractivity contribution in [1.29, 1.82) is 0 Å². The second-order valence-corrected chi connectivity index (χ2v) is 11.5. The molecule has 238 valence electrons. The number of hydrogen-bond donors (Lipinski definition) is 2. The number of hydrogen-bond acceptors (Lipinski definition) is 7. The molecule has 10 heteroatoms. The average molecular weight is 630 g/mol. The van der Waals surface area contributed by atoms with Crippen molar-refractivity contribution in [2.24, 2.45) is 0 Å². The third-order valence-corrected chi connectivity index (χ3v) is 7.83. The van der Waals surface area contributed by atoms with Crippen molar-refractivity contribution in [1.82, 2.24) is 24.6 Å². The molecule has 4 aromatic carbocycles. The highest BCUT2D eigenvalue weighted by Gasteiger charge is 2.41. The van der Waals surface area contributed by atoms with Crippen molar-refractivity contribution in [3.8, 4) is 6.01 Å². The largest absolute Gasteiger partial charge is 0.463 e. The number of benzene rings is 4. The van der Waals surface area contributed by atoms with Gasteiger partial charge in [-0.1, -0.05) is 91.0 Å². The number of halogens is 1. The molecule has 0 atom stereocenters. The van der Waals surface area contributed by atoms with Gasteiger partial charge in [0.05, 0.1) is 18.3 Å². The van der Waals surface area contributed by atoms with Crippen molar-refractivity contribution in [2.45, 2.75) is 18.9 Å². The fraction of sp³-hybridized carbons (Fsp3) is 0.189. The maximum atomic E-state index is 14.9. The number of anilines is 3. The Hall–Kier alpha value is -5.61. The highest BCUT2D eigenvalue weighted by molar-refractivity contribution is 6.00. The number of carbonyl (C=O) groups excluding carboxylic acids is 1. The van der Waals surface area contributed by atoms with Crippen LogP contribution in [0.3, 0.4) is 0 Å². The summed E-state index contributed by atoms with van der Waals surface area (Å²) < 4.78 is 22.5. The molecule has 0 radical (unpaired) electrons. The molecule has 6 aromatic rings. The van der Waals surface area contributed by atoms with E-state index in [9.17, 15) is 9.18 Å². The molecule has 0 spiro atoms. The lowest BCUT2D eigenvalue weighted by atomic mass is 9.77. The van der Waals surface area contributed by atoms with E-state index >= 15 is 0 Å². The van der Waals surface area contributed by atoms with Crippen molar-refractivity contribution in [3.05, 3.63) is 138 Å². The minimum atomic E-state index is -0.911. The maximum Gasteiger partial charge on any atom is 0.318 e. The van der Waals surface area contributed by atoms with Gasteiger partial charge in [0.15, 0.2) is 17.5 Å². The predicted octanol–water partition coefficient (Wildman–Crippen LogP) is 6.84. The molecule has 0 bridgehead atoms. The van der Waals surface area contributed by atoms with Crippen LogP contribution in [0.1, 0.15) is 30.0 Å². The maximum absolute atomic E-state index is 14.9. The highest BCUT2D eigenvalue weighted by Crippen LogP contribution is 2.44. The Morgan fingerprint density at radius 3 is 2.02 bits per heavy atom. The smallest absolute Gasteiger partial charge is 0.318 e. The SMILES string of the molecule is CC(=O)Nc1nn(C(c2ccccc2)(c2ccccc2)c2ccccc2)c2ccc(Nc3nc(OCCCN(C)C)ncc3F)cc12. The third kappa shape index (κ3) is 6.54. The molecule has 2 heterocycles. The van der Waals surface area contributed by atoms with Gasteiger partial charge in [-0.25, -0.2) is 14.1 Å². The fourth-order valence-electron chi connectivity index (χ4n) is 5.80. The molecule has 0 fully saturated rings. The first-order chi connectivity index (χ1) is 22.9. The molecule has 47 heavy (non-hydrogen) atoms. The third-order valence-electron chi connectivity index (χ3n) is 7.83. The summed E-state index contributed by atoms with van der Waals surface area (Å²) in [6, 6.07) is 36.2. The summed E-state index contributed by atoms with van der Waals surface area (Å²) in [5.41, 5.74) is 3.35. The number of fused-ring (bicyclic) bond motifs is 1. The van der Waals surface area contributed by atoms with Crippen LogP contribution in [0, 0.1) is 5.82 Å². The molecule has 2 N–H and O–H groups in total. The van der Waals surface area contributed by atoms with Gasteiger partial charge in [0.2, 0.25) is 5.91 Å². The zero-order valence-electron chi connectivity index (χ0n) is 26.5. The molecule has 0 unspecified atom stereocenters.